The summed E-state index contributed by atoms with van der Waals surface area (Å²) in [5.74, 6) is 4.25. The maximum atomic E-state index is 11.2. The number of urea groups is 1. The van der Waals surface area contributed by atoms with Crippen molar-refractivity contribution < 1.29 is 9.59 Å². The van der Waals surface area contributed by atoms with Crippen molar-refractivity contribution in [3.05, 3.63) is 30.1 Å². The molecule has 0 radical (unpaired) electrons. The van der Waals surface area contributed by atoms with Crippen molar-refractivity contribution in [3.63, 3.8) is 0 Å². The maximum Gasteiger partial charge on any atom is 0.335 e. The second-order valence-electron chi connectivity index (χ2n) is 2.16. The lowest BCUT2D eigenvalue weighted by Gasteiger charge is -2.01. The van der Waals surface area contributed by atoms with Crippen LogP contribution in [0.3, 0.4) is 0 Å². The molecule has 1 aromatic heterocycles. The molecule has 13 heavy (non-hydrogen) atoms. The molecule has 0 aliphatic rings. The van der Waals surface area contributed by atoms with Crippen LogP contribution in [-0.2, 0) is 0 Å². The molecular weight excluding hydrogens is 172 g/mol. The first-order valence-electron chi connectivity index (χ1n) is 3.46. The van der Waals surface area contributed by atoms with Crippen molar-refractivity contribution in [2.75, 3.05) is 0 Å². The highest BCUT2D eigenvalue weighted by molar-refractivity contribution is 6.03. The van der Waals surface area contributed by atoms with Crippen molar-refractivity contribution in [1.29, 1.82) is 0 Å². The Bertz CT molecular complexity index is 312. The van der Waals surface area contributed by atoms with Crippen LogP contribution < -0.4 is 16.6 Å². The van der Waals surface area contributed by atoms with E-state index in [9.17, 15) is 9.59 Å². The number of imide groups is 1. The molecule has 0 saturated carbocycles. The molecule has 0 unspecified atom stereocenters. The van der Waals surface area contributed by atoms with E-state index in [1.165, 1.54) is 24.5 Å². The summed E-state index contributed by atoms with van der Waals surface area (Å²) in [5.41, 5.74) is 2.13. The first-order chi connectivity index (χ1) is 6.24. The minimum absolute atomic E-state index is 0.346. The van der Waals surface area contributed by atoms with Crippen LogP contribution in [0.5, 0.6) is 0 Å². The number of hydrogen-bond acceptors (Lipinski definition) is 4. The average Bonchev–Trinajstić information content (AvgIpc) is 2.19. The highest BCUT2D eigenvalue weighted by atomic mass is 16.2. The van der Waals surface area contributed by atoms with Gasteiger partial charge >= 0.3 is 6.03 Å². The Morgan fingerprint density at radius 2 is 1.92 bits per heavy atom. The van der Waals surface area contributed by atoms with Gasteiger partial charge in [0.2, 0.25) is 0 Å². The van der Waals surface area contributed by atoms with Crippen LogP contribution in [0, 0.1) is 0 Å². The van der Waals surface area contributed by atoms with E-state index in [1.807, 2.05) is 5.32 Å². The van der Waals surface area contributed by atoms with Crippen molar-refractivity contribution in [2.45, 2.75) is 0 Å². The molecule has 1 rings (SSSR count). The molecule has 0 aliphatic carbocycles. The molecule has 0 bridgehead atoms. The summed E-state index contributed by atoms with van der Waals surface area (Å²) in [6.07, 6.45) is 2.91. The number of rotatable bonds is 1. The van der Waals surface area contributed by atoms with Gasteiger partial charge in [-0.2, -0.15) is 0 Å². The summed E-state index contributed by atoms with van der Waals surface area (Å²) >= 11 is 0. The van der Waals surface area contributed by atoms with E-state index in [0.717, 1.165) is 0 Å². The predicted molar refractivity (Wildman–Crippen MR) is 44.4 cm³/mol. The number of carbonyl (C=O) groups is 2. The second-order valence-corrected chi connectivity index (χ2v) is 2.16. The summed E-state index contributed by atoms with van der Waals surface area (Å²) in [5, 5.41) is 2.00. The van der Waals surface area contributed by atoms with Gasteiger partial charge in [-0.3, -0.25) is 20.5 Å². The summed E-state index contributed by atoms with van der Waals surface area (Å²) in [7, 11) is 0. The zero-order valence-corrected chi connectivity index (χ0v) is 6.65. The number of nitrogens with one attached hydrogen (secondary N) is 2. The Balaban J connectivity index is 2.65. The fourth-order valence-electron chi connectivity index (χ4n) is 0.715. The number of pyridine rings is 1. The molecule has 0 aliphatic heterocycles. The minimum atomic E-state index is -0.748. The number of hydrazine groups is 1. The quantitative estimate of drug-likeness (QED) is 0.305. The number of hydrogen-bond donors (Lipinski definition) is 3. The third kappa shape index (κ3) is 2.53. The molecule has 1 aromatic rings. The first kappa shape index (κ1) is 9.14. The molecule has 0 atom stereocenters. The highest BCUT2D eigenvalue weighted by Gasteiger charge is 2.07. The lowest BCUT2D eigenvalue weighted by Crippen LogP contribution is -2.42. The van der Waals surface area contributed by atoms with Gasteiger partial charge in [-0.15, -0.1) is 0 Å². The van der Waals surface area contributed by atoms with Crippen molar-refractivity contribution in [1.82, 2.24) is 15.7 Å². The molecule has 0 aromatic carbocycles. The van der Waals surface area contributed by atoms with Gasteiger partial charge in [-0.25, -0.2) is 10.6 Å². The van der Waals surface area contributed by atoms with Gasteiger partial charge < -0.3 is 0 Å². The number of nitrogens with zero attached hydrogens (tertiary/aromatic N) is 1. The van der Waals surface area contributed by atoms with Crippen LogP contribution in [0.25, 0.3) is 0 Å². The van der Waals surface area contributed by atoms with E-state index in [2.05, 4.69) is 4.98 Å². The standard InChI is InChI=1S/C7H8N4O2/c8-11-7(13)10-6(12)5-1-3-9-4-2-5/h1-4H,8H2,(H2,10,11,12,13). The summed E-state index contributed by atoms with van der Waals surface area (Å²) in [6, 6.07) is 2.22. The van der Waals surface area contributed by atoms with Gasteiger partial charge in [0.05, 0.1) is 0 Å². The Morgan fingerprint density at radius 1 is 1.31 bits per heavy atom. The highest BCUT2D eigenvalue weighted by Crippen LogP contribution is 1.94. The van der Waals surface area contributed by atoms with Crippen LogP contribution in [0.4, 0.5) is 4.79 Å². The molecule has 0 spiro atoms. The van der Waals surface area contributed by atoms with E-state index in [0.29, 0.717) is 5.56 Å². The van der Waals surface area contributed by atoms with Gasteiger partial charge in [-0.1, -0.05) is 0 Å². The Morgan fingerprint density at radius 3 is 2.46 bits per heavy atom. The molecule has 68 valence electrons. The third-order valence-corrected chi connectivity index (χ3v) is 1.30. The van der Waals surface area contributed by atoms with Gasteiger partial charge in [0, 0.05) is 18.0 Å². The zero-order chi connectivity index (χ0) is 9.68. The number of nitrogens with two attached hydrogens (primary N) is 1. The molecule has 1 heterocycles. The second kappa shape index (κ2) is 4.17. The molecule has 6 heteroatoms. The average molecular weight is 180 g/mol. The van der Waals surface area contributed by atoms with E-state index in [1.54, 1.807) is 5.43 Å². The molecular formula is C7H8N4O2. The van der Waals surface area contributed by atoms with Crippen LogP contribution in [-0.4, -0.2) is 16.9 Å². The lowest BCUT2D eigenvalue weighted by molar-refractivity contribution is 0.0964. The monoisotopic (exact) mass is 180 g/mol. The minimum Gasteiger partial charge on any atom is -0.276 e. The molecule has 4 N–H and O–H groups in total. The first-order valence-corrected chi connectivity index (χ1v) is 3.46. The number of aromatic nitrogens is 1. The zero-order valence-electron chi connectivity index (χ0n) is 6.65. The summed E-state index contributed by atoms with van der Waals surface area (Å²) in [6.45, 7) is 0. The van der Waals surface area contributed by atoms with E-state index in [4.69, 9.17) is 5.84 Å². The molecule has 0 fully saturated rings. The van der Waals surface area contributed by atoms with Gasteiger partial charge in [0.1, 0.15) is 0 Å². The fraction of sp³-hybridized carbons (Fsp3) is 0. The SMILES string of the molecule is NNC(=O)NC(=O)c1ccncc1. The Hall–Kier alpha value is -1.95. The normalized spacial score (nSPS) is 9.00. The molecule has 6 nitrogen and oxygen atoms in total. The van der Waals surface area contributed by atoms with Crippen LogP contribution >= 0.6 is 0 Å². The number of carbonyl (C=O) groups excluding carboxylic acids is 2. The van der Waals surface area contributed by atoms with E-state index < -0.39 is 11.9 Å². The third-order valence-electron chi connectivity index (χ3n) is 1.30. The largest absolute Gasteiger partial charge is 0.335 e. The smallest absolute Gasteiger partial charge is 0.276 e. The molecule has 3 amide bonds. The van der Waals surface area contributed by atoms with Crippen LogP contribution in [0.1, 0.15) is 10.4 Å². The van der Waals surface area contributed by atoms with Gasteiger partial charge in [0.25, 0.3) is 5.91 Å². The van der Waals surface area contributed by atoms with Gasteiger partial charge in [0.15, 0.2) is 0 Å². The Labute approximate surface area is 74.1 Å². The number of amides is 3. The van der Waals surface area contributed by atoms with Crippen molar-refractivity contribution in [2.24, 2.45) is 5.84 Å². The topological polar surface area (TPSA) is 97.1 Å². The van der Waals surface area contributed by atoms with Crippen molar-refractivity contribution in [3.8, 4) is 0 Å². The fourth-order valence-corrected chi connectivity index (χ4v) is 0.715. The summed E-state index contributed by atoms with van der Waals surface area (Å²) < 4.78 is 0. The Kier molecular flexibility index (Phi) is 2.93. The maximum absolute atomic E-state index is 11.2. The molecule has 0 saturated heterocycles. The van der Waals surface area contributed by atoms with E-state index >= 15 is 0 Å². The van der Waals surface area contributed by atoms with E-state index in [-0.39, 0.29) is 0 Å². The summed E-state index contributed by atoms with van der Waals surface area (Å²) in [4.78, 5) is 25.5. The van der Waals surface area contributed by atoms with Crippen molar-refractivity contribution >= 4 is 11.9 Å². The predicted octanol–water partition coefficient (Wildman–Crippen LogP) is -0.605. The van der Waals surface area contributed by atoms with Crippen LogP contribution in [0.15, 0.2) is 24.5 Å². The van der Waals surface area contributed by atoms with Gasteiger partial charge in [-0.05, 0) is 12.1 Å². The lowest BCUT2D eigenvalue weighted by atomic mass is 10.2. The van der Waals surface area contributed by atoms with Crippen LogP contribution in [0.2, 0.25) is 0 Å².